The van der Waals surface area contributed by atoms with Gasteiger partial charge in [-0.3, -0.25) is 14.6 Å². The number of aryl methyl sites for hydroxylation is 1. The first-order valence-corrected chi connectivity index (χ1v) is 8.02. The van der Waals surface area contributed by atoms with Crippen molar-refractivity contribution in [1.29, 1.82) is 0 Å². The van der Waals surface area contributed by atoms with Gasteiger partial charge in [0.15, 0.2) is 4.77 Å². The summed E-state index contributed by atoms with van der Waals surface area (Å²) in [7, 11) is 0. The van der Waals surface area contributed by atoms with Crippen LogP contribution in [0, 0.1) is 11.7 Å². The predicted molar refractivity (Wildman–Crippen MR) is 93.3 cm³/mol. The summed E-state index contributed by atoms with van der Waals surface area (Å²) in [5.41, 5.74) is 1.97. The van der Waals surface area contributed by atoms with Gasteiger partial charge in [0.1, 0.15) is 0 Å². The third kappa shape index (κ3) is 4.77. The highest BCUT2D eigenvalue weighted by Crippen LogP contribution is 2.16. The second-order valence-corrected chi connectivity index (χ2v) is 6.20. The fourth-order valence-electron chi connectivity index (χ4n) is 2.31. The minimum Gasteiger partial charge on any atom is -0.350 e. The zero-order valence-corrected chi connectivity index (χ0v) is 14.5. The van der Waals surface area contributed by atoms with E-state index >= 15 is 0 Å². The van der Waals surface area contributed by atoms with E-state index in [1.165, 1.54) is 0 Å². The molecule has 0 aliphatic carbocycles. The Balaban J connectivity index is 1.96. The van der Waals surface area contributed by atoms with Gasteiger partial charge in [-0.15, -0.1) is 0 Å². The van der Waals surface area contributed by atoms with Crippen LogP contribution in [0.25, 0.3) is 0 Å². The maximum absolute atomic E-state index is 12.1. The lowest BCUT2D eigenvalue weighted by atomic mass is 10.1. The summed E-state index contributed by atoms with van der Waals surface area (Å²) in [4.78, 5) is 29.4. The number of amides is 1. The van der Waals surface area contributed by atoms with Gasteiger partial charge in [0, 0.05) is 22.7 Å². The fraction of sp³-hybridized carbons (Fsp3) is 0.312. The number of halogens is 1. The summed E-state index contributed by atoms with van der Waals surface area (Å²) in [6.07, 6.45) is 0.582. The lowest BCUT2D eigenvalue weighted by Crippen LogP contribution is -2.28. The van der Waals surface area contributed by atoms with Crippen LogP contribution in [0.2, 0.25) is 5.02 Å². The molecule has 7 heteroatoms. The Labute approximate surface area is 144 Å². The van der Waals surface area contributed by atoms with Gasteiger partial charge in [-0.1, -0.05) is 23.7 Å². The standard InChI is InChI=1S/C16H18ClN3O2S/c1-9(11-3-5-12(17)6-4-11)18-14(21)8-7-13-10(2)19-16(23)20-15(13)22/h3-6,9H,7-8H2,1-2H3,(H,18,21)(H2,19,20,22,23)/t9-/m0/s1. The highest BCUT2D eigenvalue weighted by atomic mass is 35.5. The monoisotopic (exact) mass is 351 g/mol. The molecule has 1 heterocycles. The molecule has 5 nitrogen and oxygen atoms in total. The molecular weight excluding hydrogens is 334 g/mol. The zero-order valence-electron chi connectivity index (χ0n) is 12.9. The summed E-state index contributed by atoms with van der Waals surface area (Å²) >= 11 is 10.8. The second kappa shape index (κ2) is 7.57. The molecule has 3 N–H and O–H groups in total. The normalized spacial score (nSPS) is 12.0. The largest absolute Gasteiger partial charge is 0.350 e. The molecule has 0 radical (unpaired) electrons. The molecule has 1 aromatic heterocycles. The van der Waals surface area contributed by atoms with Gasteiger partial charge in [0.2, 0.25) is 5.91 Å². The molecule has 0 aliphatic heterocycles. The van der Waals surface area contributed by atoms with Gasteiger partial charge in [-0.05, 0) is 50.2 Å². The van der Waals surface area contributed by atoms with Crippen molar-refractivity contribution in [2.75, 3.05) is 0 Å². The second-order valence-electron chi connectivity index (χ2n) is 5.35. The van der Waals surface area contributed by atoms with Crippen molar-refractivity contribution in [3.05, 3.63) is 61.2 Å². The third-order valence-corrected chi connectivity index (χ3v) is 4.06. The highest BCUT2D eigenvalue weighted by Gasteiger charge is 2.12. The first-order valence-electron chi connectivity index (χ1n) is 7.23. The molecule has 2 rings (SSSR count). The molecule has 2 aromatic rings. The van der Waals surface area contributed by atoms with Gasteiger partial charge in [0.25, 0.3) is 5.56 Å². The number of rotatable bonds is 5. The fourth-order valence-corrected chi connectivity index (χ4v) is 2.69. The Hall–Kier alpha value is -1.92. The average molecular weight is 352 g/mol. The van der Waals surface area contributed by atoms with Crippen molar-refractivity contribution >= 4 is 29.7 Å². The lowest BCUT2D eigenvalue weighted by molar-refractivity contribution is -0.121. The molecular formula is C16H18ClN3O2S. The van der Waals surface area contributed by atoms with E-state index in [4.69, 9.17) is 23.8 Å². The van der Waals surface area contributed by atoms with E-state index in [1.54, 1.807) is 19.1 Å². The number of carbonyl (C=O) groups excluding carboxylic acids is 1. The van der Waals surface area contributed by atoms with Crippen molar-refractivity contribution < 1.29 is 4.79 Å². The lowest BCUT2D eigenvalue weighted by Gasteiger charge is -2.14. The van der Waals surface area contributed by atoms with E-state index in [0.29, 0.717) is 22.7 Å². The van der Waals surface area contributed by atoms with Gasteiger partial charge in [-0.2, -0.15) is 0 Å². The minimum absolute atomic E-state index is 0.117. The third-order valence-electron chi connectivity index (χ3n) is 3.60. The Kier molecular flexibility index (Phi) is 5.74. The van der Waals surface area contributed by atoms with Crippen molar-refractivity contribution in [1.82, 2.24) is 15.3 Å². The van der Waals surface area contributed by atoms with Crippen molar-refractivity contribution in [2.45, 2.75) is 32.7 Å². The van der Waals surface area contributed by atoms with E-state index in [-0.39, 0.29) is 28.7 Å². The van der Waals surface area contributed by atoms with Crippen LogP contribution in [0.3, 0.4) is 0 Å². The molecule has 0 aliphatic rings. The molecule has 0 saturated heterocycles. The number of hydrogen-bond donors (Lipinski definition) is 3. The van der Waals surface area contributed by atoms with Crippen LogP contribution in [-0.2, 0) is 11.2 Å². The van der Waals surface area contributed by atoms with E-state index < -0.39 is 0 Å². The first kappa shape index (κ1) is 17.4. The maximum Gasteiger partial charge on any atom is 0.255 e. The topological polar surface area (TPSA) is 77.8 Å². The van der Waals surface area contributed by atoms with Crippen LogP contribution in [0.4, 0.5) is 0 Å². The summed E-state index contributed by atoms with van der Waals surface area (Å²) in [6.45, 7) is 3.67. The SMILES string of the molecule is Cc1[nH]c(=S)[nH]c(=O)c1CCC(=O)N[C@@H](C)c1ccc(Cl)cc1. The van der Waals surface area contributed by atoms with Crippen molar-refractivity contribution in [2.24, 2.45) is 0 Å². The number of aromatic nitrogens is 2. The van der Waals surface area contributed by atoms with Gasteiger partial charge in [-0.25, -0.2) is 0 Å². The van der Waals surface area contributed by atoms with E-state index in [1.807, 2.05) is 19.1 Å². The van der Waals surface area contributed by atoms with Gasteiger partial charge in [0.05, 0.1) is 6.04 Å². The summed E-state index contributed by atoms with van der Waals surface area (Å²) in [6, 6.07) is 7.20. The molecule has 23 heavy (non-hydrogen) atoms. The van der Waals surface area contributed by atoms with Crippen LogP contribution in [0.15, 0.2) is 29.1 Å². The summed E-state index contributed by atoms with van der Waals surface area (Å²) < 4.78 is 0.289. The Morgan fingerprint density at radius 2 is 1.96 bits per heavy atom. The quantitative estimate of drug-likeness (QED) is 0.724. The Morgan fingerprint density at radius 3 is 2.57 bits per heavy atom. The number of carbonyl (C=O) groups is 1. The Morgan fingerprint density at radius 1 is 1.30 bits per heavy atom. The first-order chi connectivity index (χ1) is 10.9. The van der Waals surface area contributed by atoms with Crippen LogP contribution < -0.4 is 10.9 Å². The smallest absolute Gasteiger partial charge is 0.255 e. The summed E-state index contributed by atoms with van der Waals surface area (Å²) in [5, 5.41) is 3.57. The molecule has 0 unspecified atom stereocenters. The van der Waals surface area contributed by atoms with Crippen molar-refractivity contribution in [3.8, 4) is 0 Å². The molecule has 1 amide bonds. The van der Waals surface area contributed by atoms with Crippen LogP contribution in [0.5, 0.6) is 0 Å². The molecule has 1 atom stereocenters. The van der Waals surface area contributed by atoms with Crippen LogP contribution in [0.1, 0.15) is 36.2 Å². The number of hydrogen-bond acceptors (Lipinski definition) is 3. The number of nitrogens with one attached hydrogen (secondary N) is 3. The van der Waals surface area contributed by atoms with Gasteiger partial charge >= 0.3 is 0 Å². The zero-order chi connectivity index (χ0) is 17.0. The average Bonchev–Trinajstić information content (AvgIpc) is 2.46. The molecule has 0 fully saturated rings. The number of benzene rings is 1. The predicted octanol–water partition coefficient (Wildman–Crippen LogP) is 3.20. The Bertz CT molecular complexity index is 811. The molecule has 1 aromatic carbocycles. The number of H-pyrrole nitrogens is 2. The molecule has 0 spiro atoms. The number of aromatic amines is 2. The van der Waals surface area contributed by atoms with E-state index in [0.717, 1.165) is 5.56 Å². The molecule has 0 bridgehead atoms. The van der Waals surface area contributed by atoms with Crippen LogP contribution in [-0.4, -0.2) is 15.9 Å². The van der Waals surface area contributed by atoms with E-state index in [2.05, 4.69) is 15.3 Å². The van der Waals surface area contributed by atoms with E-state index in [9.17, 15) is 9.59 Å². The maximum atomic E-state index is 12.1. The van der Waals surface area contributed by atoms with Crippen LogP contribution >= 0.6 is 23.8 Å². The summed E-state index contributed by atoms with van der Waals surface area (Å²) in [5.74, 6) is -0.117. The minimum atomic E-state index is -0.246. The molecule has 0 saturated carbocycles. The molecule has 122 valence electrons. The highest BCUT2D eigenvalue weighted by molar-refractivity contribution is 7.71. The van der Waals surface area contributed by atoms with Crippen molar-refractivity contribution in [3.63, 3.8) is 0 Å². The van der Waals surface area contributed by atoms with Gasteiger partial charge < -0.3 is 10.3 Å².